The lowest BCUT2D eigenvalue weighted by molar-refractivity contribution is 0.102. The molecule has 0 unspecified atom stereocenters. The van der Waals surface area contributed by atoms with Crippen LogP contribution in [0.4, 0.5) is 10.1 Å². The van der Waals surface area contributed by atoms with Crippen molar-refractivity contribution in [1.82, 2.24) is 0 Å². The Hall–Kier alpha value is -2.41. The molecule has 0 saturated heterocycles. The van der Waals surface area contributed by atoms with Crippen LogP contribution < -0.4 is 10.1 Å². The van der Waals surface area contributed by atoms with Crippen LogP contribution >= 0.6 is 0 Å². The van der Waals surface area contributed by atoms with E-state index in [4.69, 9.17) is 4.74 Å². The highest BCUT2D eigenvalue weighted by molar-refractivity contribution is 7.90. The standard InChI is InChI=1S/C15H14FNO4S/c1-21-13-9-10(16)7-8-12(13)17-15(18)11-5-3-4-6-14(11)22(2,19)20/h3-9H,1-2H3,(H,17,18). The summed E-state index contributed by atoms with van der Waals surface area (Å²) in [5, 5.41) is 2.52. The average molecular weight is 323 g/mol. The normalized spacial score (nSPS) is 11.0. The monoisotopic (exact) mass is 323 g/mol. The molecule has 1 N–H and O–H groups in total. The summed E-state index contributed by atoms with van der Waals surface area (Å²) in [5.41, 5.74) is 0.258. The molecule has 1 amide bonds. The van der Waals surface area contributed by atoms with Crippen molar-refractivity contribution >= 4 is 21.4 Å². The molecule has 0 atom stereocenters. The van der Waals surface area contributed by atoms with E-state index in [0.717, 1.165) is 12.3 Å². The average Bonchev–Trinajstić information content (AvgIpc) is 2.48. The number of carbonyl (C=O) groups excluding carboxylic acids is 1. The molecule has 0 radical (unpaired) electrons. The fourth-order valence-corrected chi connectivity index (χ4v) is 2.82. The number of rotatable bonds is 4. The van der Waals surface area contributed by atoms with Gasteiger partial charge in [0, 0.05) is 12.3 Å². The fraction of sp³-hybridized carbons (Fsp3) is 0.133. The molecule has 0 bridgehead atoms. The Bertz CT molecular complexity index is 818. The second kappa shape index (κ2) is 6.15. The van der Waals surface area contributed by atoms with Gasteiger partial charge in [0.25, 0.3) is 5.91 Å². The lowest BCUT2D eigenvalue weighted by atomic mass is 10.2. The topological polar surface area (TPSA) is 72.5 Å². The molecule has 2 aromatic carbocycles. The lowest BCUT2D eigenvalue weighted by Gasteiger charge is -2.12. The number of hydrogen-bond acceptors (Lipinski definition) is 4. The Labute approximate surface area is 127 Å². The van der Waals surface area contributed by atoms with Gasteiger partial charge in [-0.2, -0.15) is 0 Å². The van der Waals surface area contributed by atoms with E-state index < -0.39 is 21.6 Å². The molecule has 0 aliphatic carbocycles. The van der Waals surface area contributed by atoms with Crippen LogP contribution in [0.1, 0.15) is 10.4 Å². The molecule has 22 heavy (non-hydrogen) atoms. The summed E-state index contributed by atoms with van der Waals surface area (Å²) >= 11 is 0. The van der Waals surface area contributed by atoms with Gasteiger partial charge in [-0.1, -0.05) is 12.1 Å². The molecule has 0 heterocycles. The van der Waals surface area contributed by atoms with E-state index in [1.807, 2.05) is 0 Å². The molecule has 116 valence electrons. The van der Waals surface area contributed by atoms with Gasteiger partial charge in [0.15, 0.2) is 9.84 Å². The van der Waals surface area contributed by atoms with Crippen molar-refractivity contribution in [2.24, 2.45) is 0 Å². The molecule has 0 aliphatic heterocycles. The van der Waals surface area contributed by atoms with E-state index in [-0.39, 0.29) is 21.9 Å². The van der Waals surface area contributed by atoms with Crippen LogP contribution in [0.2, 0.25) is 0 Å². The predicted octanol–water partition coefficient (Wildman–Crippen LogP) is 2.49. The molecular formula is C15H14FNO4S. The van der Waals surface area contributed by atoms with Crippen LogP contribution in [0.25, 0.3) is 0 Å². The molecule has 0 aliphatic rings. The van der Waals surface area contributed by atoms with Gasteiger partial charge < -0.3 is 10.1 Å². The summed E-state index contributed by atoms with van der Waals surface area (Å²) in [6.07, 6.45) is 1.03. The van der Waals surface area contributed by atoms with Gasteiger partial charge >= 0.3 is 0 Å². The first-order chi connectivity index (χ1) is 10.3. The van der Waals surface area contributed by atoms with Crippen molar-refractivity contribution in [3.05, 3.63) is 53.8 Å². The lowest BCUT2D eigenvalue weighted by Crippen LogP contribution is -2.16. The first kappa shape index (κ1) is 16.0. The first-order valence-electron chi connectivity index (χ1n) is 6.27. The van der Waals surface area contributed by atoms with Gasteiger partial charge in [-0.3, -0.25) is 4.79 Å². The van der Waals surface area contributed by atoms with Gasteiger partial charge in [0.2, 0.25) is 0 Å². The number of hydrogen-bond donors (Lipinski definition) is 1. The minimum atomic E-state index is -3.55. The zero-order chi connectivity index (χ0) is 16.3. The van der Waals surface area contributed by atoms with Gasteiger partial charge in [0.1, 0.15) is 11.6 Å². The summed E-state index contributed by atoms with van der Waals surface area (Å²) in [4.78, 5) is 12.2. The zero-order valence-corrected chi connectivity index (χ0v) is 12.8. The minimum Gasteiger partial charge on any atom is -0.494 e. The predicted molar refractivity (Wildman–Crippen MR) is 80.5 cm³/mol. The summed E-state index contributed by atoms with van der Waals surface area (Å²) in [6, 6.07) is 9.48. The number of nitrogens with one attached hydrogen (secondary N) is 1. The van der Waals surface area contributed by atoms with Gasteiger partial charge in [-0.15, -0.1) is 0 Å². The summed E-state index contributed by atoms with van der Waals surface area (Å²) in [5.74, 6) is -0.984. The van der Waals surface area contributed by atoms with E-state index in [2.05, 4.69) is 5.32 Å². The Kier molecular flexibility index (Phi) is 4.46. The van der Waals surface area contributed by atoms with Crippen LogP contribution in [0.5, 0.6) is 5.75 Å². The number of carbonyl (C=O) groups is 1. The Morgan fingerprint density at radius 3 is 2.50 bits per heavy atom. The maximum atomic E-state index is 13.1. The molecule has 2 aromatic rings. The smallest absolute Gasteiger partial charge is 0.257 e. The van der Waals surface area contributed by atoms with Crippen LogP contribution in [0.15, 0.2) is 47.4 Å². The van der Waals surface area contributed by atoms with Gasteiger partial charge in [-0.25, -0.2) is 12.8 Å². The van der Waals surface area contributed by atoms with Crippen molar-refractivity contribution in [2.75, 3.05) is 18.7 Å². The summed E-state index contributed by atoms with van der Waals surface area (Å²) in [6.45, 7) is 0. The van der Waals surface area contributed by atoms with Crippen LogP contribution in [0.3, 0.4) is 0 Å². The Morgan fingerprint density at radius 1 is 1.18 bits per heavy atom. The second-order valence-electron chi connectivity index (χ2n) is 4.57. The first-order valence-corrected chi connectivity index (χ1v) is 8.16. The third kappa shape index (κ3) is 3.43. The number of anilines is 1. The van der Waals surface area contributed by atoms with Crippen molar-refractivity contribution in [3.8, 4) is 5.75 Å². The Morgan fingerprint density at radius 2 is 1.86 bits per heavy atom. The van der Waals surface area contributed by atoms with Crippen molar-refractivity contribution in [3.63, 3.8) is 0 Å². The molecule has 0 aromatic heterocycles. The van der Waals surface area contributed by atoms with Crippen molar-refractivity contribution in [1.29, 1.82) is 0 Å². The van der Waals surface area contributed by atoms with Crippen LogP contribution in [0, 0.1) is 5.82 Å². The third-order valence-electron chi connectivity index (χ3n) is 2.94. The van der Waals surface area contributed by atoms with E-state index in [0.29, 0.717) is 0 Å². The molecule has 0 spiro atoms. The summed E-state index contributed by atoms with van der Waals surface area (Å²) < 4.78 is 41.6. The third-order valence-corrected chi connectivity index (χ3v) is 4.10. The van der Waals surface area contributed by atoms with Gasteiger partial charge in [-0.05, 0) is 24.3 Å². The molecular weight excluding hydrogens is 309 g/mol. The highest BCUT2D eigenvalue weighted by Gasteiger charge is 2.19. The maximum Gasteiger partial charge on any atom is 0.257 e. The fourth-order valence-electron chi connectivity index (χ4n) is 1.94. The van der Waals surface area contributed by atoms with E-state index >= 15 is 0 Å². The number of halogens is 1. The second-order valence-corrected chi connectivity index (χ2v) is 6.55. The van der Waals surface area contributed by atoms with Crippen molar-refractivity contribution < 1.29 is 22.3 Å². The molecule has 0 saturated carbocycles. The number of ether oxygens (including phenoxy) is 1. The number of benzene rings is 2. The quantitative estimate of drug-likeness (QED) is 0.938. The number of amides is 1. The number of sulfone groups is 1. The minimum absolute atomic E-state index is 0.0105. The summed E-state index contributed by atoms with van der Waals surface area (Å²) in [7, 11) is -2.20. The number of methoxy groups -OCH3 is 1. The molecule has 0 fully saturated rings. The van der Waals surface area contributed by atoms with Crippen LogP contribution in [-0.2, 0) is 9.84 Å². The molecule has 7 heteroatoms. The van der Waals surface area contributed by atoms with E-state index in [1.54, 1.807) is 6.07 Å². The maximum absolute atomic E-state index is 13.1. The Balaban J connectivity index is 2.39. The van der Waals surface area contributed by atoms with E-state index in [1.165, 1.54) is 37.4 Å². The van der Waals surface area contributed by atoms with Crippen molar-refractivity contribution in [2.45, 2.75) is 4.90 Å². The SMILES string of the molecule is COc1cc(F)ccc1NC(=O)c1ccccc1S(C)(=O)=O. The largest absolute Gasteiger partial charge is 0.494 e. The van der Waals surface area contributed by atoms with Crippen LogP contribution in [-0.4, -0.2) is 27.7 Å². The van der Waals surface area contributed by atoms with E-state index in [9.17, 15) is 17.6 Å². The highest BCUT2D eigenvalue weighted by Crippen LogP contribution is 2.26. The molecule has 2 rings (SSSR count). The highest BCUT2D eigenvalue weighted by atomic mass is 32.2. The van der Waals surface area contributed by atoms with Gasteiger partial charge in [0.05, 0.1) is 23.3 Å². The molecule has 5 nitrogen and oxygen atoms in total. The zero-order valence-electron chi connectivity index (χ0n) is 12.0.